The SMILES string of the molecule is CCOC(=O)C(N)CCSCc1cc(=O)n2[nH]cnc2n1. The zero-order valence-electron chi connectivity index (χ0n) is 11.6. The molecule has 1 unspecified atom stereocenters. The first-order valence-corrected chi connectivity index (χ1v) is 7.69. The molecule has 0 fully saturated rings. The van der Waals surface area contributed by atoms with Crippen LogP contribution in [0.3, 0.4) is 0 Å². The fraction of sp³-hybridized carbons (Fsp3) is 0.500. The van der Waals surface area contributed by atoms with Gasteiger partial charge in [0.25, 0.3) is 11.3 Å². The summed E-state index contributed by atoms with van der Waals surface area (Å²) in [6, 6.07) is 0.855. The molecule has 2 aromatic heterocycles. The molecular formula is C12H17N5O3S. The number of nitrogens with one attached hydrogen (secondary N) is 1. The molecule has 2 aromatic rings. The van der Waals surface area contributed by atoms with Gasteiger partial charge in [0.2, 0.25) is 0 Å². The topological polar surface area (TPSA) is 115 Å². The van der Waals surface area contributed by atoms with Crippen LogP contribution in [0.1, 0.15) is 19.0 Å². The number of aromatic amines is 1. The number of fused-ring (bicyclic) bond motifs is 1. The smallest absolute Gasteiger partial charge is 0.322 e. The van der Waals surface area contributed by atoms with Gasteiger partial charge in [0.15, 0.2) is 0 Å². The lowest BCUT2D eigenvalue weighted by molar-refractivity contribution is -0.144. The van der Waals surface area contributed by atoms with Gasteiger partial charge in [0.1, 0.15) is 12.4 Å². The van der Waals surface area contributed by atoms with Crippen molar-refractivity contribution in [3.63, 3.8) is 0 Å². The van der Waals surface area contributed by atoms with Crippen LogP contribution < -0.4 is 11.3 Å². The van der Waals surface area contributed by atoms with Crippen molar-refractivity contribution in [1.82, 2.24) is 19.6 Å². The number of nitrogens with two attached hydrogens (primary N) is 1. The summed E-state index contributed by atoms with van der Waals surface area (Å²) in [6.45, 7) is 2.08. The fourth-order valence-electron chi connectivity index (χ4n) is 1.70. The molecule has 0 spiro atoms. The van der Waals surface area contributed by atoms with Gasteiger partial charge in [-0.3, -0.25) is 14.7 Å². The Morgan fingerprint density at radius 1 is 1.62 bits per heavy atom. The Morgan fingerprint density at radius 2 is 2.43 bits per heavy atom. The first-order valence-electron chi connectivity index (χ1n) is 6.54. The number of carbonyl (C=O) groups is 1. The van der Waals surface area contributed by atoms with Gasteiger partial charge in [-0.25, -0.2) is 9.97 Å². The fourth-order valence-corrected chi connectivity index (χ4v) is 2.62. The zero-order chi connectivity index (χ0) is 15.2. The normalized spacial score (nSPS) is 12.5. The highest BCUT2D eigenvalue weighted by Crippen LogP contribution is 2.11. The van der Waals surface area contributed by atoms with Crippen LogP contribution in [0.4, 0.5) is 0 Å². The Labute approximate surface area is 125 Å². The number of esters is 1. The second kappa shape index (κ2) is 7.23. The molecule has 1 atom stereocenters. The Kier molecular flexibility index (Phi) is 5.34. The van der Waals surface area contributed by atoms with Crippen LogP contribution in [0.5, 0.6) is 0 Å². The van der Waals surface area contributed by atoms with E-state index < -0.39 is 6.04 Å². The number of rotatable bonds is 7. The number of H-pyrrole nitrogens is 1. The third-order valence-corrected chi connectivity index (χ3v) is 3.76. The first-order chi connectivity index (χ1) is 10.1. The molecule has 9 heteroatoms. The van der Waals surface area contributed by atoms with E-state index in [1.807, 2.05) is 0 Å². The van der Waals surface area contributed by atoms with Crippen LogP contribution in [0.25, 0.3) is 5.78 Å². The maximum Gasteiger partial charge on any atom is 0.322 e. The molecule has 0 aliphatic heterocycles. The van der Waals surface area contributed by atoms with Crippen molar-refractivity contribution >= 4 is 23.5 Å². The highest BCUT2D eigenvalue weighted by molar-refractivity contribution is 7.98. The summed E-state index contributed by atoms with van der Waals surface area (Å²) >= 11 is 1.55. The average molecular weight is 311 g/mol. The van der Waals surface area contributed by atoms with E-state index in [9.17, 15) is 9.59 Å². The predicted octanol–water partition coefficient (Wildman–Crippen LogP) is -0.0687. The lowest BCUT2D eigenvalue weighted by Gasteiger charge is -2.09. The largest absolute Gasteiger partial charge is 0.465 e. The van der Waals surface area contributed by atoms with E-state index in [0.29, 0.717) is 36.0 Å². The molecule has 2 rings (SSSR count). The van der Waals surface area contributed by atoms with Crippen molar-refractivity contribution in [2.45, 2.75) is 25.1 Å². The molecule has 2 heterocycles. The minimum atomic E-state index is -0.607. The van der Waals surface area contributed by atoms with Gasteiger partial charge in [-0.1, -0.05) is 0 Å². The summed E-state index contributed by atoms with van der Waals surface area (Å²) in [5, 5.41) is 2.68. The molecule has 114 valence electrons. The summed E-state index contributed by atoms with van der Waals surface area (Å²) in [5.74, 6) is 1.21. The summed E-state index contributed by atoms with van der Waals surface area (Å²) in [6.07, 6.45) is 1.94. The number of aromatic nitrogens is 4. The molecular weight excluding hydrogens is 294 g/mol. The Hall–Kier alpha value is -1.87. The van der Waals surface area contributed by atoms with Crippen LogP contribution >= 0.6 is 11.8 Å². The van der Waals surface area contributed by atoms with E-state index in [1.54, 1.807) is 18.7 Å². The minimum Gasteiger partial charge on any atom is -0.465 e. The van der Waals surface area contributed by atoms with Crippen molar-refractivity contribution < 1.29 is 9.53 Å². The second-order valence-electron chi connectivity index (χ2n) is 4.31. The molecule has 0 saturated carbocycles. The number of hydrogen-bond acceptors (Lipinski definition) is 7. The molecule has 0 radical (unpaired) electrons. The van der Waals surface area contributed by atoms with E-state index in [-0.39, 0.29) is 11.5 Å². The maximum atomic E-state index is 11.7. The highest BCUT2D eigenvalue weighted by atomic mass is 32.2. The lowest BCUT2D eigenvalue weighted by Crippen LogP contribution is -2.32. The van der Waals surface area contributed by atoms with E-state index in [1.165, 1.54) is 16.9 Å². The average Bonchev–Trinajstić information content (AvgIpc) is 2.92. The van der Waals surface area contributed by atoms with Gasteiger partial charge in [-0.05, 0) is 19.1 Å². The van der Waals surface area contributed by atoms with Crippen molar-refractivity contribution in [3.8, 4) is 0 Å². The minimum absolute atomic E-state index is 0.198. The monoisotopic (exact) mass is 311 g/mol. The number of carbonyl (C=O) groups excluding carboxylic acids is 1. The Bertz CT molecular complexity index is 668. The summed E-state index contributed by atoms with van der Waals surface area (Å²) in [7, 11) is 0. The molecule has 3 N–H and O–H groups in total. The molecule has 21 heavy (non-hydrogen) atoms. The summed E-state index contributed by atoms with van der Waals surface area (Å²) in [5.41, 5.74) is 6.15. The van der Waals surface area contributed by atoms with Crippen molar-refractivity contribution in [2.24, 2.45) is 5.73 Å². The lowest BCUT2D eigenvalue weighted by atomic mass is 10.2. The van der Waals surface area contributed by atoms with Crippen LogP contribution in [0.2, 0.25) is 0 Å². The molecule has 0 aromatic carbocycles. The number of nitrogens with zero attached hydrogens (tertiary/aromatic N) is 3. The highest BCUT2D eigenvalue weighted by Gasteiger charge is 2.14. The van der Waals surface area contributed by atoms with Crippen molar-refractivity contribution in [2.75, 3.05) is 12.4 Å². The van der Waals surface area contributed by atoms with E-state index in [2.05, 4.69) is 15.1 Å². The van der Waals surface area contributed by atoms with E-state index in [4.69, 9.17) is 10.5 Å². The zero-order valence-corrected chi connectivity index (χ0v) is 12.4. The third-order valence-electron chi connectivity index (χ3n) is 2.73. The van der Waals surface area contributed by atoms with Gasteiger partial charge < -0.3 is 10.5 Å². The molecule has 0 saturated heterocycles. The third kappa shape index (κ3) is 4.05. The Morgan fingerprint density at radius 3 is 3.19 bits per heavy atom. The number of hydrogen-bond donors (Lipinski definition) is 2. The van der Waals surface area contributed by atoms with Gasteiger partial charge >= 0.3 is 5.97 Å². The standard InChI is InChI=1S/C12H17N5O3S/c1-2-20-11(19)9(13)3-4-21-6-8-5-10(18)17-12(16-8)14-7-15-17/h5,7,9H,2-4,6,13H2,1H3,(H,14,15,16). The van der Waals surface area contributed by atoms with Crippen LogP contribution in [-0.2, 0) is 15.3 Å². The molecule has 8 nitrogen and oxygen atoms in total. The maximum absolute atomic E-state index is 11.7. The van der Waals surface area contributed by atoms with E-state index in [0.717, 1.165) is 0 Å². The summed E-state index contributed by atoms with van der Waals surface area (Å²) in [4.78, 5) is 31.3. The molecule has 0 aliphatic carbocycles. The van der Waals surface area contributed by atoms with Gasteiger partial charge in [-0.15, -0.1) is 0 Å². The molecule has 0 amide bonds. The number of thioether (sulfide) groups is 1. The van der Waals surface area contributed by atoms with E-state index >= 15 is 0 Å². The van der Waals surface area contributed by atoms with Crippen LogP contribution in [0.15, 0.2) is 17.2 Å². The van der Waals surface area contributed by atoms with Gasteiger partial charge in [-0.2, -0.15) is 16.3 Å². The molecule has 0 aliphatic rings. The predicted molar refractivity (Wildman–Crippen MR) is 79.0 cm³/mol. The first kappa shape index (κ1) is 15.5. The van der Waals surface area contributed by atoms with Gasteiger partial charge in [0.05, 0.1) is 12.3 Å². The second-order valence-corrected chi connectivity index (χ2v) is 5.41. The number of ether oxygens (including phenoxy) is 1. The molecule has 0 bridgehead atoms. The van der Waals surface area contributed by atoms with Gasteiger partial charge in [0, 0.05) is 11.8 Å². The van der Waals surface area contributed by atoms with Crippen molar-refractivity contribution in [1.29, 1.82) is 0 Å². The van der Waals surface area contributed by atoms with Crippen LogP contribution in [0, 0.1) is 0 Å². The quantitative estimate of drug-likeness (QED) is 0.543. The summed E-state index contributed by atoms with van der Waals surface area (Å²) < 4.78 is 6.10. The Balaban J connectivity index is 1.82. The van der Waals surface area contributed by atoms with Crippen molar-refractivity contribution in [3.05, 3.63) is 28.4 Å². The van der Waals surface area contributed by atoms with Crippen LogP contribution in [-0.4, -0.2) is 44.0 Å².